The van der Waals surface area contributed by atoms with E-state index in [9.17, 15) is 19.2 Å². The summed E-state index contributed by atoms with van der Waals surface area (Å²) >= 11 is 0. The molecule has 0 bridgehead atoms. The highest BCUT2D eigenvalue weighted by molar-refractivity contribution is 5.69. The highest BCUT2D eigenvalue weighted by Gasteiger charge is 2.18. The molecule has 1 aromatic rings. The number of hydrogen-bond acceptors (Lipinski definition) is 8. The molecule has 0 unspecified atom stereocenters. The Bertz CT molecular complexity index is 1180. The average molecular weight is 831 g/mol. The maximum atomic E-state index is 12.8. The van der Waals surface area contributed by atoms with E-state index in [4.69, 9.17) is 9.47 Å². The summed E-state index contributed by atoms with van der Waals surface area (Å²) in [5.41, 5.74) is 0.475. The molecule has 1 N–H and O–H groups in total. The van der Waals surface area contributed by atoms with E-state index in [1.807, 2.05) is 6.92 Å². The van der Waals surface area contributed by atoms with Gasteiger partial charge >= 0.3 is 11.9 Å². The Hall–Kier alpha value is -2.22. The fourth-order valence-corrected chi connectivity index (χ4v) is 8.21. The maximum absolute atomic E-state index is 12.8. The van der Waals surface area contributed by atoms with Crippen LogP contribution in [0.3, 0.4) is 0 Å². The van der Waals surface area contributed by atoms with Crippen molar-refractivity contribution in [3.05, 3.63) is 26.0 Å². The molecule has 1 aromatic carbocycles. The van der Waals surface area contributed by atoms with Crippen LogP contribution in [0.5, 0.6) is 0 Å². The van der Waals surface area contributed by atoms with Gasteiger partial charge in [0, 0.05) is 24.9 Å². The molecule has 1 rings (SSSR count). The SMILES string of the molecule is CCCCCCCCCOC(=O)CCCCCCCN(CCCCCCCC(=O)OC(CCCCCCCC)CCCCCCCC)CCCNc1c(CC)c(=O)c1=O. The van der Waals surface area contributed by atoms with E-state index in [-0.39, 0.29) is 28.9 Å². The minimum Gasteiger partial charge on any atom is -0.466 e. The molecule has 8 heteroatoms. The maximum Gasteiger partial charge on any atom is 0.306 e. The quantitative estimate of drug-likeness (QED) is 0.0394. The third-order valence-corrected chi connectivity index (χ3v) is 12.1. The molecule has 0 atom stereocenters. The molecular weight excluding hydrogens is 737 g/mol. The van der Waals surface area contributed by atoms with Crippen molar-refractivity contribution in [2.75, 3.05) is 38.1 Å². The van der Waals surface area contributed by atoms with Gasteiger partial charge in [-0.3, -0.25) is 19.2 Å². The largest absolute Gasteiger partial charge is 0.466 e. The summed E-state index contributed by atoms with van der Waals surface area (Å²) in [4.78, 5) is 51.4. The van der Waals surface area contributed by atoms with Crippen LogP contribution in [0, 0.1) is 0 Å². The first-order valence-electron chi connectivity index (χ1n) is 25.5. The van der Waals surface area contributed by atoms with Gasteiger partial charge in [0.1, 0.15) is 6.10 Å². The van der Waals surface area contributed by atoms with Crippen LogP contribution in [0.1, 0.15) is 252 Å². The number of anilines is 1. The summed E-state index contributed by atoms with van der Waals surface area (Å²) in [7, 11) is 0. The number of unbranched alkanes of at least 4 members (excludes halogenated alkanes) is 24. The van der Waals surface area contributed by atoms with Crippen LogP contribution in [0.4, 0.5) is 5.69 Å². The van der Waals surface area contributed by atoms with Gasteiger partial charge in [0.15, 0.2) is 0 Å². The minimum atomic E-state index is -0.366. The molecular formula is C51H94N2O6. The lowest BCUT2D eigenvalue weighted by Gasteiger charge is -2.23. The molecule has 0 radical (unpaired) electrons. The second-order valence-electron chi connectivity index (χ2n) is 17.6. The highest BCUT2D eigenvalue weighted by Crippen LogP contribution is 2.19. The fourth-order valence-electron chi connectivity index (χ4n) is 8.21. The summed E-state index contributed by atoms with van der Waals surface area (Å²) in [6, 6.07) is 0. The van der Waals surface area contributed by atoms with Crippen LogP contribution in [0.25, 0.3) is 0 Å². The van der Waals surface area contributed by atoms with E-state index >= 15 is 0 Å². The number of esters is 2. The molecule has 8 nitrogen and oxygen atoms in total. The molecule has 0 aliphatic heterocycles. The van der Waals surface area contributed by atoms with E-state index in [0.717, 1.165) is 116 Å². The summed E-state index contributed by atoms with van der Waals surface area (Å²) < 4.78 is 11.5. The lowest BCUT2D eigenvalue weighted by Crippen LogP contribution is -2.38. The van der Waals surface area contributed by atoms with Gasteiger partial charge in [0.2, 0.25) is 10.9 Å². The Kier molecular flexibility index (Phi) is 37.0. The molecule has 0 aromatic heterocycles. The van der Waals surface area contributed by atoms with Crippen LogP contribution in [-0.4, -0.2) is 55.7 Å². The van der Waals surface area contributed by atoms with Crippen LogP contribution < -0.4 is 16.2 Å². The topological polar surface area (TPSA) is 102 Å². The summed E-state index contributed by atoms with van der Waals surface area (Å²) in [5.74, 6) is -0.0444. The number of carbonyl (C=O) groups is 2. The second kappa shape index (κ2) is 39.9. The Morgan fingerprint density at radius 1 is 0.492 bits per heavy atom. The van der Waals surface area contributed by atoms with Gasteiger partial charge in [0.05, 0.1) is 12.3 Å². The number of nitrogens with zero attached hydrogens (tertiary/aromatic N) is 1. The first-order valence-corrected chi connectivity index (χ1v) is 25.5. The smallest absolute Gasteiger partial charge is 0.306 e. The number of hydrogen-bond donors (Lipinski definition) is 1. The highest BCUT2D eigenvalue weighted by atomic mass is 16.5. The van der Waals surface area contributed by atoms with Crippen LogP contribution >= 0.6 is 0 Å². The normalized spacial score (nSPS) is 11.6. The summed E-state index contributed by atoms with van der Waals surface area (Å²) in [6.45, 7) is 13.0. The van der Waals surface area contributed by atoms with Crippen molar-refractivity contribution in [1.82, 2.24) is 4.90 Å². The Labute approximate surface area is 363 Å². The van der Waals surface area contributed by atoms with Crippen molar-refractivity contribution >= 4 is 17.6 Å². The molecule has 0 saturated heterocycles. The van der Waals surface area contributed by atoms with Gasteiger partial charge in [0.25, 0.3) is 0 Å². The number of carbonyl (C=O) groups excluding carboxylic acids is 2. The van der Waals surface area contributed by atoms with Crippen molar-refractivity contribution in [3.63, 3.8) is 0 Å². The first kappa shape index (κ1) is 54.8. The molecule has 0 aliphatic rings. The van der Waals surface area contributed by atoms with Gasteiger partial charge in [-0.1, -0.05) is 169 Å². The minimum absolute atomic E-state index is 0.000253. The first-order chi connectivity index (χ1) is 28.9. The molecule has 0 fully saturated rings. The zero-order chi connectivity index (χ0) is 43.0. The zero-order valence-electron chi connectivity index (χ0n) is 39.3. The second-order valence-corrected chi connectivity index (χ2v) is 17.6. The van der Waals surface area contributed by atoms with E-state index in [1.165, 1.54) is 109 Å². The van der Waals surface area contributed by atoms with E-state index in [1.54, 1.807) is 0 Å². The lowest BCUT2D eigenvalue weighted by molar-refractivity contribution is -0.150. The number of ether oxygens (including phenoxy) is 2. The van der Waals surface area contributed by atoms with Gasteiger partial charge in [-0.15, -0.1) is 0 Å². The molecule has 0 heterocycles. The predicted molar refractivity (Wildman–Crippen MR) is 251 cm³/mol. The van der Waals surface area contributed by atoms with Crippen molar-refractivity contribution in [2.45, 2.75) is 259 Å². The van der Waals surface area contributed by atoms with Gasteiger partial charge in [-0.2, -0.15) is 0 Å². The van der Waals surface area contributed by atoms with Gasteiger partial charge in [-0.05, 0) is 90.3 Å². The van der Waals surface area contributed by atoms with Crippen molar-refractivity contribution in [2.24, 2.45) is 0 Å². The molecule has 0 aliphatic carbocycles. The summed E-state index contributed by atoms with van der Waals surface area (Å²) in [5, 5.41) is 3.24. The van der Waals surface area contributed by atoms with E-state index in [0.29, 0.717) is 43.7 Å². The van der Waals surface area contributed by atoms with Crippen molar-refractivity contribution < 1.29 is 19.1 Å². The van der Waals surface area contributed by atoms with Crippen molar-refractivity contribution in [1.29, 1.82) is 0 Å². The summed E-state index contributed by atoms with van der Waals surface area (Å²) in [6.07, 6.45) is 39.3. The monoisotopic (exact) mass is 831 g/mol. The Morgan fingerprint density at radius 3 is 1.42 bits per heavy atom. The molecule has 59 heavy (non-hydrogen) atoms. The molecule has 0 spiro atoms. The standard InChI is InChI=1S/C51H94N2O6/c1-5-9-12-15-18-27-34-44-58-47(54)38-30-23-19-25-32-41-53(43-35-40-52-49-46(8-4)50(56)51(49)57)42-33-26-20-24-31-39-48(55)59-45(36-28-21-16-13-10-6-2)37-29-22-17-14-11-7-3/h45,52H,5-44H2,1-4H3. The number of nitrogens with one attached hydrogen (secondary N) is 1. The zero-order valence-corrected chi connectivity index (χ0v) is 39.3. The Balaban J connectivity index is 2.36. The third kappa shape index (κ3) is 30.5. The molecule has 0 amide bonds. The van der Waals surface area contributed by atoms with E-state index < -0.39 is 0 Å². The van der Waals surface area contributed by atoms with Crippen LogP contribution in [0.2, 0.25) is 0 Å². The lowest BCUT2D eigenvalue weighted by atomic mass is 10.0. The van der Waals surface area contributed by atoms with E-state index in [2.05, 4.69) is 31.0 Å². The molecule has 344 valence electrons. The fraction of sp³-hybridized carbons (Fsp3) is 0.882. The molecule has 0 saturated carbocycles. The van der Waals surface area contributed by atoms with Gasteiger partial charge < -0.3 is 19.7 Å². The predicted octanol–water partition coefficient (Wildman–Crippen LogP) is 13.3. The van der Waals surface area contributed by atoms with Crippen molar-refractivity contribution in [3.8, 4) is 0 Å². The van der Waals surface area contributed by atoms with Crippen LogP contribution in [-0.2, 0) is 25.5 Å². The Morgan fingerprint density at radius 2 is 0.915 bits per heavy atom. The third-order valence-electron chi connectivity index (χ3n) is 12.1. The number of rotatable bonds is 45. The van der Waals surface area contributed by atoms with Gasteiger partial charge in [-0.25, -0.2) is 0 Å². The average Bonchev–Trinajstić information content (AvgIpc) is 3.23. The van der Waals surface area contributed by atoms with Crippen LogP contribution in [0.15, 0.2) is 9.59 Å².